The van der Waals surface area contributed by atoms with Crippen LogP contribution in [0.15, 0.2) is 0 Å². The molecule has 2 heteroatoms. The molecule has 1 rings (SSSR count). The first-order valence-corrected chi connectivity index (χ1v) is 4.73. The Hall–Kier alpha value is -0.0800. The summed E-state index contributed by atoms with van der Waals surface area (Å²) in [5.74, 6) is 1.46. The van der Waals surface area contributed by atoms with E-state index in [-0.39, 0.29) is 0 Å². The molecule has 0 saturated heterocycles. The molecule has 11 heavy (non-hydrogen) atoms. The molecule has 0 aromatic carbocycles. The Bertz CT molecular complexity index is 114. The topological polar surface area (TPSA) is 52.0 Å². The van der Waals surface area contributed by atoms with Crippen LogP contribution in [0.4, 0.5) is 0 Å². The molecule has 1 fully saturated rings. The fraction of sp³-hybridized carbons (Fsp3) is 1.00. The van der Waals surface area contributed by atoms with Crippen molar-refractivity contribution in [2.75, 3.05) is 6.54 Å². The van der Waals surface area contributed by atoms with Gasteiger partial charge in [0.2, 0.25) is 0 Å². The Morgan fingerprint density at radius 2 is 2.09 bits per heavy atom. The molecule has 66 valence electrons. The first kappa shape index (κ1) is 9.01. The zero-order valence-corrected chi connectivity index (χ0v) is 7.42. The molecule has 0 aromatic rings. The Balaban J connectivity index is 2.34. The average molecular weight is 156 g/mol. The van der Waals surface area contributed by atoms with Crippen molar-refractivity contribution >= 4 is 0 Å². The predicted molar refractivity (Wildman–Crippen MR) is 48.2 cm³/mol. The van der Waals surface area contributed by atoms with Gasteiger partial charge in [-0.1, -0.05) is 13.3 Å². The van der Waals surface area contributed by atoms with E-state index in [1.807, 2.05) is 0 Å². The predicted octanol–water partition coefficient (Wildman–Crippen LogP) is 1.10. The second kappa shape index (κ2) is 4.07. The van der Waals surface area contributed by atoms with Gasteiger partial charge in [-0.2, -0.15) is 0 Å². The van der Waals surface area contributed by atoms with Crippen molar-refractivity contribution < 1.29 is 0 Å². The summed E-state index contributed by atoms with van der Waals surface area (Å²) in [5, 5.41) is 0. The van der Waals surface area contributed by atoms with Gasteiger partial charge in [0.1, 0.15) is 0 Å². The molecule has 0 aromatic heterocycles. The molecule has 0 bridgehead atoms. The van der Waals surface area contributed by atoms with E-state index in [0.717, 1.165) is 18.9 Å². The standard InChI is InChI=1S/C9H20N2/c1-2-8-4-3-7(6-10)5-9(8)11/h7-9H,2-6,10-11H2,1H3. The van der Waals surface area contributed by atoms with E-state index in [1.54, 1.807) is 0 Å². The van der Waals surface area contributed by atoms with Gasteiger partial charge in [-0.05, 0) is 37.6 Å². The van der Waals surface area contributed by atoms with E-state index >= 15 is 0 Å². The molecule has 0 amide bonds. The zero-order valence-electron chi connectivity index (χ0n) is 7.42. The van der Waals surface area contributed by atoms with Gasteiger partial charge in [0.25, 0.3) is 0 Å². The molecule has 0 spiro atoms. The minimum atomic E-state index is 0.419. The second-order valence-electron chi connectivity index (χ2n) is 3.75. The van der Waals surface area contributed by atoms with Crippen LogP contribution >= 0.6 is 0 Å². The largest absolute Gasteiger partial charge is 0.330 e. The molecule has 1 aliphatic rings. The lowest BCUT2D eigenvalue weighted by molar-refractivity contribution is 0.236. The third-order valence-electron chi connectivity index (χ3n) is 3.01. The number of hydrogen-bond donors (Lipinski definition) is 2. The monoisotopic (exact) mass is 156 g/mol. The van der Waals surface area contributed by atoms with Gasteiger partial charge in [0.05, 0.1) is 0 Å². The van der Waals surface area contributed by atoms with Crippen LogP contribution in [0.25, 0.3) is 0 Å². The van der Waals surface area contributed by atoms with E-state index in [1.165, 1.54) is 19.3 Å². The molecule has 1 aliphatic carbocycles. The molecule has 0 heterocycles. The molecule has 2 nitrogen and oxygen atoms in total. The van der Waals surface area contributed by atoms with Gasteiger partial charge in [-0.25, -0.2) is 0 Å². The van der Waals surface area contributed by atoms with Crippen LogP contribution in [0.5, 0.6) is 0 Å². The quantitative estimate of drug-likeness (QED) is 0.629. The van der Waals surface area contributed by atoms with Gasteiger partial charge in [0.15, 0.2) is 0 Å². The lowest BCUT2D eigenvalue weighted by atomic mass is 9.77. The first-order chi connectivity index (χ1) is 5.27. The smallest absolute Gasteiger partial charge is 0.00701 e. The fourth-order valence-electron chi connectivity index (χ4n) is 2.08. The van der Waals surface area contributed by atoms with E-state index in [2.05, 4.69) is 6.92 Å². The van der Waals surface area contributed by atoms with E-state index in [9.17, 15) is 0 Å². The van der Waals surface area contributed by atoms with Crippen LogP contribution in [0, 0.1) is 11.8 Å². The third kappa shape index (κ3) is 2.17. The highest BCUT2D eigenvalue weighted by molar-refractivity contribution is 4.81. The zero-order chi connectivity index (χ0) is 8.27. The highest BCUT2D eigenvalue weighted by Crippen LogP contribution is 2.28. The summed E-state index contributed by atoms with van der Waals surface area (Å²) in [4.78, 5) is 0. The Morgan fingerprint density at radius 1 is 1.36 bits per heavy atom. The molecule has 0 radical (unpaired) electrons. The SMILES string of the molecule is CCC1CCC(CN)CC1N. The van der Waals surface area contributed by atoms with Crippen LogP contribution in [-0.4, -0.2) is 12.6 Å². The van der Waals surface area contributed by atoms with E-state index in [0.29, 0.717) is 12.0 Å². The molecule has 3 atom stereocenters. The van der Waals surface area contributed by atoms with E-state index < -0.39 is 0 Å². The fourth-order valence-corrected chi connectivity index (χ4v) is 2.08. The number of rotatable bonds is 2. The lowest BCUT2D eigenvalue weighted by Crippen LogP contribution is -2.38. The van der Waals surface area contributed by atoms with E-state index in [4.69, 9.17) is 11.5 Å². The summed E-state index contributed by atoms with van der Waals surface area (Å²) in [6.45, 7) is 3.05. The van der Waals surface area contributed by atoms with Crippen molar-refractivity contribution in [3.63, 3.8) is 0 Å². The molecule has 0 aliphatic heterocycles. The van der Waals surface area contributed by atoms with Gasteiger partial charge < -0.3 is 11.5 Å². The normalized spacial score (nSPS) is 39.0. The average Bonchev–Trinajstić information content (AvgIpc) is 2.04. The Morgan fingerprint density at radius 3 is 2.55 bits per heavy atom. The maximum absolute atomic E-state index is 6.00. The van der Waals surface area contributed by atoms with Crippen molar-refractivity contribution in [3.05, 3.63) is 0 Å². The summed E-state index contributed by atoms with van der Waals surface area (Å²) < 4.78 is 0. The summed E-state index contributed by atoms with van der Waals surface area (Å²) in [7, 11) is 0. The maximum Gasteiger partial charge on any atom is 0.00701 e. The van der Waals surface area contributed by atoms with Gasteiger partial charge >= 0.3 is 0 Å². The summed E-state index contributed by atoms with van der Waals surface area (Å²) in [6, 6.07) is 0.419. The van der Waals surface area contributed by atoms with Crippen LogP contribution in [0.1, 0.15) is 32.6 Å². The highest BCUT2D eigenvalue weighted by Gasteiger charge is 2.25. The molecule has 4 N–H and O–H groups in total. The minimum Gasteiger partial charge on any atom is -0.330 e. The Kier molecular flexibility index (Phi) is 3.34. The second-order valence-corrected chi connectivity index (χ2v) is 3.75. The molecular formula is C9H20N2. The summed E-state index contributed by atoms with van der Waals surface area (Å²) >= 11 is 0. The van der Waals surface area contributed by atoms with Gasteiger partial charge in [0, 0.05) is 6.04 Å². The maximum atomic E-state index is 6.00. The highest BCUT2D eigenvalue weighted by atomic mass is 14.7. The summed E-state index contributed by atoms with van der Waals surface area (Å²) in [6.07, 6.45) is 4.97. The van der Waals surface area contributed by atoms with Crippen molar-refractivity contribution in [3.8, 4) is 0 Å². The summed E-state index contributed by atoms with van der Waals surface area (Å²) in [5.41, 5.74) is 11.6. The van der Waals surface area contributed by atoms with Crippen molar-refractivity contribution in [2.24, 2.45) is 23.3 Å². The number of hydrogen-bond acceptors (Lipinski definition) is 2. The van der Waals surface area contributed by atoms with Crippen molar-refractivity contribution in [2.45, 2.75) is 38.6 Å². The minimum absolute atomic E-state index is 0.419. The third-order valence-corrected chi connectivity index (χ3v) is 3.01. The van der Waals surface area contributed by atoms with Crippen molar-refractivity contribution in [1.82, 2.24) is 0 Å². The van der Waals surface area contributed by atoms with Gasteiger partial charge in [-0.3, -0.25) is 0 Å². The molecule has 1 saturated carbocycles. The van der Waals surface area contributed by atoms with Gasteiger partial charge in [-0.15, -0.1) is 0 Å². The molecule has 3 unspecified atom stereocenters. The Labute approximate surface area is 69.3 Å². The van der Waals surface area contributed by atoms with Crippen molar-refractivity contribution in [1.29, 1.82) is 0 Å². The first-order valence-electron chi connectivity index (χ1n) is 4.73. The number of nitrogens with two attached hydrogens (primary N) is 2. The lowest BCUT2D eigenvalue weighted by Gasteiger charge is -2.32. The molecular weight excluding hydrogens is 136 g/mol. The van der Waals surface area contributed by atoms with Crippen LogP contribution in [0.2, 0.25) is 0 Å². The van der Waals surface area contributed by atoms with Crippen LogP contribution < -0.4 is 11.5 Å². The van der Waals surface area contributed by atoms with Crippen LogP contribution in [0.3, 0.4) is 0 Å². The van der Waals surface area contributed by atoms with Crippen LogP contribution in [-0.2, 0) is 0 Å².